The van der Waals surface area contributed by atoms with Crippen LogP contribution in [0.1, 0.15) is 25.7 Å². The maximum Gasteiger partial charge on any atom is 0.127 e. The molecule has 1 aromatic heterocycles. The number of aliphatic hydroxyl groups excluding tert-OH is 2. The van der Waals surface area contributed by atoms with Crippen molar-refractivity contribution in [2.75, 3.05) is 57.9 Å². The zero-order valence-corrected chi connectivity index (χ0v) is 20.8. The third kappa shape index (κ3) is 7.83. The number of hydrogen-bond donors (Lipinski definition) is 4. The van der Waals surface area contributed by atoms with Gasteiger partial charge in [-0.05, 0) is 49.2 Å². The SMILES string of the molecule is O[C@@H]1C(Nc2ccncc2)=C(NCCCCCCOc2ccc(OCCN3CCOCC3)cc2)[C@@H]1O. The molecule has 1 aliphatic carbocycles. The fourth-order valence-corrected chi connectivity index (χ4v) is 4.21. The molecule has 0 amide bonds. The van der Waals surface area contributed by atoms with Gasteiger partial charge >= 0.3 is 0 Å². The number of hydrogen-bond acceptors (Lipinski definition) is 9. The molecule has 9 nitrogen and oxygen atoms in total. The molecule has 4 N–H and O–H groups in total. The van der Waals surface area contributed by atoms with Crippen molar-refractivity contribution in [2.24, 2.45) is 0 Å². The summed E-state index contributed by atoms with van der Waals surface area (Å²) in [5.41, 5.74) is 2.11. The summed E-state index contributed by atoms with van der Waals surface area (Å²) < 4.78 is 17.1. The first-order valence-corrected chi connectivity index (χ1v) is 12.9. The van der Waals surface area contributed by atoms with Gasteiger partial charge in [0, 0.05) is 44.3 Å². The van der Waals surface area contributed by atoms with Gasteiger partial charge in [0.1, 0.15) is 30.3 Å². The van der Waals surface area contributed by atoms with E-state index in [-0.39, 0.29) is 0 Å². The van der Waals surface area contributed by atoms with Crippen molar-refractivity contribution < 1.29 is 24.4 Å². The maximum atomic E-state index is 10.1. The molecule has 2 aliphatic rings. The first-order valence-electron chi connectivity index (χ1n) is 12.9. The molecule has 196 valence electrons. The largest absolute Gasteiger partial charge is 0.494 e. The van der Waals surface area contributed by atoms with Gasteiger partial charge in [-0.25, -0.2) is 0 Å². The molecule has 1 fully saturated rings. The lowest BCUT2D eigenvalue weighted by Crippen LogP contribution is -2.49. The van der Waals surface area contributed by atoms with Gasteiger partial charge in [0.05, 0.1) is 31.2 Å². The van der Waals surface area contributed by atoms with Gasteiger partial charge in [-0.15, -0.1) is 0 Å². The number of unbranched alkanes of at least 4 members (excludes halogenated alkanes) is 3. The van der Waals surface area contributed by atoms with Crippen molar-refractivity contribution in [2.45, 2.75) is 37.9 Å². The van der Waals surface area contributed by atoms with Gasteiger partial charge in [-0.1, -0.05) is 12.8 Å². The molecule has 0 bridgehead atoms. The van der Waals surface area contributed by atoms with E-state index in [0.29, 0.717) is 24.6 Å². The lowest BCUT2D eigenvalue weighted by molar-refractivity contribution is 0.0322. The van der Waals surface area contributed by atoms with Crippen LogP contribution in [0.5, 0.6) is 11.5 Å². The van der Waals surface area contributed by atoms with E-state index < -0.39 is 12.2 Å². The van der Waals surface area contributed by atoms with E-state index in [1.807, 2.05) is 36.4 Å². The van der Waals surface area contributed by atoms with Crippen molar-refractivity contribution in [1.29, 1.82) is 0 Å². The Hall–Kier alpha value is -2.85. The number of morpholine rings is 1. The number of aromatic nitrogens is 1. The predicted octanol–water partition coefficient (Wildman–Crippen LogP) is 2.38. The van der Waals surface area contributed by atoms with Crippen LogP contribution in [0.2, 0.25) is 0 Å². The van der Waals surface area contributed by atoms with E-state index in [4.69, 9.17) is 14.2 Å². The number of anilines is 1. The topological polar surface area (TPSA) is 108 Å². The minimum Gasteiger partial charge on any atom is -0.494 e. The summed E-state index contributed by atoms with van der Waals surface area (Å²) in [4.78, 5) is 6.34. The van der Waals surface area contributed by atoms with Crippen molar-refractivity contribution in [3.8, 4) is 11.5 Å². The molecule has 0 radical (unpaired) electrons. The van der Waals surface area contributed by atoms with E-state index in [0.717, 1.165) is 82.3 Å². The van der Waals surface area contributed by atoms with E-state index in [1.54, 1.807) is 12.4 Å². The lowest BCUT2D eigenvalue weighted by atomic mass is 9.92. The zero-order chi connectivity index (χ0) is 25.0. The minimum atomic E-state index is -0.895. The fraction of sp³-hybridized carbons (Fsp3) is 0.519. The average molecular weight is 499 g/mol. The molecule has 1 saturated heterocycles. The summed E-state index contributed by atoms with van der Waals surface area (Å²) >= 11 is 0. The lowest BCUT2D eigenvalue weighted by Gasteiger charge is -2.36. The van der Waals surface area contributed by atoms with Crippen LogP contribution in [0.3, 0.4) is 0 Å². The zero-order valence-electron chi connectivity index (χ0n) is 20.8. The second kappa shape index (κ2) is 14.0. The van der Waals surface area contributed by atoms with Crippen LogP contribution in [0, 0.1) is 0 Å². The average Bonchev–Trinajstić information content (AvgIpc) is 2.93. The molecule has 0 spiro atoms. The van der Waals surface area contributed by atoms with Crippen LogP contribution < -0.4 is 20.1 Å². The molecular weight excluding hydrogens is 460 g/mol. The summed E-state index contributed by atoms with van der Waals surface area (Å²) in [5, 5.41) is 26.5. The molecule has 2 atom stereocenters. The Kier molecular flexibility index (Phi) is 10.2. The Balaban J connectivity index is 1.04. The van der Waals surface area contributed by atoms with Crippen molar-refractivity contribution >= 4 is 5.69 Å². The highest BCUT2D eigenvalue weighted by atomic mass is 16.5. The van der Waals surface area contributed by atoms with E-state index >= 15 is 0 Å². The van der Waals surface area contributed by atoms with Crippen LogP contribution in [0.25, 0.3) is 0 Å². The number of pyridine rings is 1. The number of aliphatic hydroxyl groups is 2. The predicted molar refractivity (Wildman–Crippen MR) is 138 cm³/mol. The van der Waals surface area contributed by atoms with Crippen molar-refractivity contribution in [1.82, 2.24) is 15.2 Å². The first-order chi connectivity index (χ1) is 17.7. The monoisotopic (exact) mass is 498 g/mol. The second-order valence-electron chi connectivity index (χ2n) is 9.04. The second-order valence-corrected chi connectivity index (χ2v) is 9.04. The molecule has 9 heteroatoms. The Labute approximate surface area is 213 Å². The van der Waals surface area contributed by atoms with Crippen LogP contribution in [-0.4, -0.2) is 84.9 Å². The minimum absolute atomic E-state index is 0.621. The standard InChI is InChI=1S/C27H38N4O5/c32-26-24(25(27(26)33)30-21-9-12-28-13-10-21)29-11-3-1-2-4-17-35-22-5-7-23(8-6-22)36-20-16-31-14-18-34-19-15-31/h5-10,12-13,26-27,29,32-33H,1-4,11,14-20H2,(H,28,30)/t26-,27+/m0/s1. The summed E-state index contributed by atoms with van der Waals surface area (Å²) in [6.07, 6.45) is 5.68. The Bertz CT molecular complexity index is 935. The highest BCUT2D eigenvalue weighted by Gasteiger charge is 2.38. The normalized spacial score (nSPS) is 20.1. The van der Waals surface area contributed by atoms with E-state index in [9.17, 15) is 10.2 Å². The Morgan fingerprint density at radius 2 is 1.47 bits per heavy atom. The highest BCUT2D eigenvalue weighted by Crippen LogP contribution is 2.28. The van der Waals surface area contributed by atoms with Gasteiger partial charge < -0.3 is 35.1 Å². The Morgan fingerprint density at radius 3 is 2.19 bits per heavy atom. The fourth-order valence-electron chi connectivity index (χ4n) is 4.21. The third-order valence-corrected chi connectivity index (χ3v) is 6.40. The quantitative estimate of drug-likeness (QED) is 0.275. The van der Waals surface area contributed by atoms with Gasteiger partial charge in [0.25, 0.3) is 0 Å². The number of nitrogens with one attached hydrogen (secondary N) is 2. The first kappa shape index (κ1) is 26.2. The van der Waals surface area contributed by atoms with Gasteiger partial charge in [-0.3, -0.25) is 9.88 Å². The summed E-state index contributed by atoms with van der Waals surface area (Å²) in [5.74, 6) is 1.72. The smallest absolute Gasteiger partial charge is 0.127 e. The van der Waals surface area contributed by atoms with Crippen LogP contribution in [-0.2, 0) is 4.74 Å². The molecular formula is C27H38N4O5. The molecule has 0 unspecified atom stereocenters. The summed E-state index contributed by atoms with van der Waals surface area (Å²) in [6.45, 7) is 6.59. The van der Waals surface area contributed by atoms with Gasteiger partial charge in [0.15, 0.2) is 0 Å². The van der Waals surface area contributed by atoms with Crippen LogP contribution in [0.15, 0.2) is 60.2 Å². The molecule has 4 rings (SSSR count). The third-order valence-electron chi connectivity index (χ3n) is 6.40. The molecule has 1 aliphatic heterocycles. The molecule has 0 saturated carbocycles. The maximum absolute atomic E-state index is 10.1. The van der Waals surface area contributed by atoms with Crippen LogP contribution in [0.4, 0.5) is 5.69 Å². The molecule has 2 heterocycles. The molecule has 2 aromatic rings. The van der Waals surface area contributed by atoms with E-state index in [1.165, 1.54) is 0 Å². The molecule has 36 heavy (non-hydrogen) atoms. The molecule has 1 aromatic carbocycles. The Morgan fingerprint density at radius 1 is 0.833 bits per heavy atom. The highest BCUT2D eigenvalue weighted by molar-refractivity contribution is 5.53. The number of rotatable bonds is 15. The number of ether oxygens (including phenoxy) is 3. The number of nitrogens with zero attached hydrogens (tertiary/aromatic N) is 2. The number of benzene rings is 1. The van der Waals surface area contributed by atoms with Gasteiger partial charge in [0.2, 0.25) is 0 Å². The summed E-state index contributed by atoms with van der Waals surface area (Å²) in [7, 11) is 0. The van der Waals surface area contributed by atoms with Crippen LogP contribution >= 0.6 is 0 Å². The van der Waals surface area contributed by atoms with E-state index in [2.05, 4.69) is 20.5 Å². The van der Waals surface area contributed by atoms with Gasteiger partial charge in [-0.2, -0.15) is 0 Å². The summed E-state index contributed by atoms with van der Waals surface area (Å²) in [6, 6.07) is 11.5. The van der Waals surface area contributed by atoms with Crippen molar-refractivity contribution in [3.63, 3.8) is 0 Å². The van der Waals surface area contributed by atoms with Crippen molar-refractivity contribution in [3.05, 3.63) is 60.2 Å².